The van der Waals surface area contributed by atoms with Crippen LogP contribution in [-0.4, -0.2) is 33.4 Å². The third-order valence-corrected chi connectivity index (χ3v) is 5.08. The molecule has 0 aromatic heterocycles. The van der Waals surface area contributed by atoms with Gasteiger partial charge in [-0.15, -0.1) is 0 Å². The second kappa shape index (κ2) is 8.62. The van der Waals surface area contributed by atoms with Gasteiger partial charge in [0.05, 0.1) is 21.3 Å². The third kappa shape index (κ3) is 4.61. The van der Waals surface area contributed by atoms with Gasteiger partial charge in [-0.25, -0.2) is 4.79 Å². The van der Waals surface area contributed by atoms with Gasteiger partial charge in [-0.05, 0) is 49.1 Å². The van der Waals surface area contributed by atoms with Crippen LogP contribution >= 0.6 is 0 Å². The van der Waals surface area contributed by atoms with E-state index in [0.29, 0.717) is 22.8 Å². The molecule has 1 aliphatic rings. The summed E-state index contributed by atoms with van der Waals surface area (Å²) < 4.78 is 15.8. The van der Waals surface area contributed by atoms with Gasteiger partial charge < -0.3 is 14.2 Å². The molecule has 1 saturated carbocycles. The second-order valence-corrected chi connectivity index (χ2v) is 7.69. The number of carbonyl (C=O) groups is 1. The highest BCUT2D eigenvalue weighted by atomic mass is 17.2. The van der Waals surface area contributed by atoms with Gasteiger partial charge in [-0.1, -0.05) is 20.8 Å². The minimum atomic E-state index is -0.610. The molecule has 6 heteroatoms. The molecular formula is C20H30O6. The highest BCUT2D eigenvalue weighted by molar-refractivity contribution is 5.93. The molecular weight excluding hydrogens is 336 g/mol. The van der Waals surface area contributed by atoms with Gasteiger partial charge in [0, 0.05) is 0 Å². The van der Waals surface area contributed by atoms with Crippen molar-refractivity contribution in [1.29, 1.82) is 0 Å². The Labute approximate surface area is 155 Å². The van der Waals surface area contributed by atoms with Gasteiger partial charge in [0.2, 0.25) is 5.75 Å². The summed E-state index contributed by atoms with van der Waals surface area (Å²) in [5, 5.41) is 0. The molecule has 1 fully saturated rings. The van der Waals surface area contributed by atoms with Crippen LogP contribution in [-0.2, 0) is 9.78 Å². The summed E-state index contributed by atoms with van der Waals surface area (Å²) in [7, 11) is 4.47. The molecule has 0 bridgehead atoms. The van der Waals surface area contributed by atoms with E-state index in [1.54, 1.807) is 12.1 Å². The van der Waals surface area contributed by atoms with E-state index in [-0.39, 0.29) is 17.4 Å². The maximum atomic E-state index is 12.4. The van der Waals surface area contributed by atoms with E-state index in [1.807, 2.05) is 0 Å². The number of methoxy groups -OCH3 is 3. The van der Waals surface area contributed by atoms with Crippen LogP contribution in [0.4, 0.5) is 0 Å². The maximum Gasteiger partial charge on any atom is 0.376 e. The predicted molar refractivity (Wildman–Crippen MR) is 97.8 cm³/mol. The molecule has 0 N–H and O–H groups in total. The van der Waals surface area contributed by atoms with Crippen LogP contribution in [0.3, 0.4) is 0 Å². The number of rotatable bonds is 6. The Kier molecular flexibility index (Phi) is 6.75. The predicted octanol–water partition coefficient (Wildman–Crippen LogP) is 4.41. The molecule has 2 rings (SSSR count). The van der Waals surface area contributed by atoms with Crippen LogP contribution in [0.5, 0.6) is 17.2 Å². The molecule has 0 aliphatic heterocycles. The van der Waals surface area contributed by atoms with Gasteiger partial charge in [0.15, 0.2) is 11.5 Å². The van der Waals surface area contributed by atoms with E-state index in [2.05, 4.69) is 20.8 Å². The minimum absolute atomic E-state index is 0.0660. The topological polar surface area (TPSA) is 63.2 Å². The highest BCUT2D eigenvalue weighted by Gasteiger charge is 2.31. The van der Waals surface area contributed by atoms with Gasteiger partial charge in [0.1, 0.15) is 11.7 Å². The Morgan fingerprint density at radius 2 is 1.54 bits per heavy atom. The third-order valence-electron chi connectivity index (χ3n) is 5.08. The van der Waals surface area contributed by atoms with E-state index in [1.165, 1.54) is 21.3 Å². The van der Waals surface area contributed by atoms with Crippen molar-refractivity contribution in [3.63, 3.8) is 0 Å². The summed E-state index contributed by atoms with van der Waals surface area (Å²) in [5.41, 5.74) is 0.530. The maximum absolute atomic E-state index is 12.4. The van der Waals surface area contributed by atoms with Gasteiger partial charge in [-0.3, -0.25) is 4.89 Å². The first-order valence-electron chi connectivity index (χ1n) is 8.98. The molecule has 0 radical (unpaired) electrons. The Morgan fingerprint density at radius 1 is 0.923 bits per heavy atom. The van der Waals surface area contributed by atoms with Crippen LogP contribution in [0.1, 0.15) is 56.8 Å². The molecule has 0 spiro atoms. The van der Waals surface area contributed by atoms with E-state index in [4.69, 9.17) is 24.0 Å². The lowest BCUT2D eigenvalue weighted by Gasteiger charge is -2.36. The van der Waals surface area contributed by atoms with E-state index in [9.17, 15) is 4.79 Å². The van der Waals surface area contributed by atoms with Crippen molar-refractivity contribution < 1.29 is 28.8 Å². The quantitative estimate of drug-likeness (QED) is 0.549. The number of ether oxygens (including phenoxy) is 3. The fourth-order valence-corrected chi connectivity index (χ4v) is 3.44. The van der Waals surface area contributed by atoms with Crippen LogP contribution < -0.4 is 14.2 Å². The SMILES string of the molecule is COc1ccc(C(=O)OOC2CCC(C(C)(C)C)CC2)c(OC)c1OC. The molecule has 26 heavy (non-hydrogen) atoms. The molecule has 0 saturated heterocycles. The van der Waals surface area contributed by atoms with Crippen molar-refractivity contribution in [2.75, 3.05) is 21.3 Å². The summed E-state index contributed by atoms with van der Waals surface area (Å²) in [6.45, 7) is 6.80. The van der Waals surface area contributed by atoms with E-state index < -0.39 is 5.97 Å². The lowest BCUT2D eigenvalue weighted by Crippen LogP contribution is -2.29. The van der Waals surface area contributed by atoms with Crippen LogP contribution in [0, 0.1) is 11.3 Å². The lowest BCUT2D eigenvalue weighted by atomic mass is 9.72. The number of benzene rings is 1. The lowest BCUT2D eigenvalue weighted by molar-refractivity contribution is -0.281. The molecule has 6 nitrogen and oxygen atoms in total. The number of hydrogen-bond donors (Lipinski definition) is 0. The molecule has 1 aliphatic carbocycles. The van der Waals surface area contributed by atoms with Crippen molar-refractivity contribution in [3.05, 3.63) is 17.7 Å². The minimum Gasteiger partial charge on any atom is -0.493 e. The first kappa shape index (κ1) is 20.4. The number of hydrogen-bond acceptors (Lipinski definition) is 6. The number of carbonyl (C=O) groups excluding carboxylic acids is 1. The molecule has 0 amide bonds. The summed E-state index contributed by atoms with van der Waals surface area (Å²) >= 11 is 0. The molecule has 0 atom stereocenters. The van der Waals surface area contributed by atoms with Crippen molar-refractivity contribution in [3.8, 4) is 17.2 Å². The van der Waals surface area contributed by atoms with Gasteiger partial charge >= 0.3 is 5.97 Å². The Morgan fingerprint density at radius 3 is 2.04 bits per heavy atom. The van der Waals surface area contributed by atoms with Gasteiger partial charge in [0.25, 0.3) is 0 Å². The molecule has 1 aromatic rings. The normalized spacial score (nSPS) is 20.4. The van der Waals surface area contributed by atoms with Crippen molar-refractivity contribution >= 4 is 5.97 Å². The zero-order valence-corrected chi connectivity index (χ0v) is 16.6. The largest absolute Gasteiger partial charge is 0.493 e. The Bertz CT molecular complexity index is 611. The first-order chi connectivity index (χ1) is 12.3. The van der Waals surface area contributed by atoms with Gasteiger partial charge in [-0.2, -0.15) is 4.89 Å². The monoisotopic (exact) mass is 366 g/mol. The van der Waals surface area contributed by atoms with Crippen molar-refractivity contribution in [2.24, 2.45) is 11.3 Å². The fourth-order valence-electron chi connectivity index (χ4n) is 3.44. The van der Waals surface area contributed by atoms with Crippen molar-refractivity contribution in [1.82, 2.24) is 0 Å². The highest BCUT2D eigenvalue weighted by Crippen LogP contribution is 2.41. The smallest absolute Gasteiger partial charge is 0.376 e. The Hall–Kier alpha value is -1.95. The summed E-state index contributed by atoms with van der Waals surface area (Å²) in [6, 6.07) is 3.20. The fraction of sp³-hybridized carbons (Fsp3) is 0.650. The average Bonchev–Trinajstić information content (AvgIpc) is 2.64. The van der Waals surface area contributed by atoms with E-state index in [0.717, 1.165) is 25.7 Å². The zero-order chi connectivity index (χ0) is 19.3. The standard InChI is InChI=1S/C20H30O6/c1-20(2,3)13-7-9-14(10-8-13)25-26-19(21)15-11-12-16(22-4)18(24-6)17(15)23-5/h11-14H,7-10H2,1-6H3. The molecule has 146 valence electrons. The average molecular weight is 366 g/mol. The summed E-state index contributed by atoms with van der Waals surface area (Å²) in [6.07, 6.45) is 3.86. The molecule has 1 aromatic carbocycles. The van der Waals surface area contributed by atoms with Crippen molar-refractivity contribution in [2.45, 2.75) is 52.6 Å². The second-order valence-electron chi connectivity index (χ2n) is 7.69. The Balaban J connectivity index is 1.99. The summed E-state index contributed by atoms with van der Waals surface area (Å²) in [5.74, 6) is 1.14. The molecule has 0 unspecified atom stereocenters. The zero-order valence-electron chi connectivity index (χ0n) is 16.6. The molecule has 0 heterocycles. The van der Waals surface area contributed by atoms with Crippen LogP contribution in [0.2, 0.25) is 0 Å². The van der Waals surface area contributed by atoms with E-state index >= 15 is 0 Å². The summed E-state index contributed by atoms with van der Waals surface area (Å²) in [4.78, 5) is 22.9. The van der Waals surface area contributed by atoms with Crippen LogP contribution in [0.15, 0.2) is 12.1 Å². The van der Waals surface area contributed by atoms with Crippen LogP contribution in [0.25, 0.3) is 0 Å². The first-order valence-corrected chi connectivity index (χ1v) is 8.98.